The largest absolute Gasteiger partial charge is 0.490 e. The van der Waals surface area contributed by atoms with Gasteiger partial charge in [0.2, 0.25) is 0 Å². The van der Waals surface area contributed by atoms with Gasteiger partial charge >= 0.3 is 0 Å². The lowest BCUT2D eigenvalue weighted by Crippen LogP contribution is -2.18. The molecular weight excluding hydrogens is 242 g/mol. The fraction of sp³-hybridized carbons (Fsp3) is 0.417. The van der Waals surface area contributed by atoms with Gasteiger partial charge in [-0.25, -0.2) is 0 Å². The van der Waals surface area contributed by atoms with Crippen molar-refractivity contribution in [1.29, 1.82) is 0 Å². The van der Waals surface area contributed by atoms with E-state index in [4.69, 9.17) is 34.3 Å². The molecule has 1 aromatic rings. The third-order valence-corrected chi connectivity index (χ3v) is 2.95. The molecule has 0 aliphatic rings. The average Bonchev–Trinajstić information content (AvgIpc) is 2.25. The Morgan fingerprint density at radius 1 is 1.44 bits per heavy atom. The van der Waals surface area contributed by atoms with E-state index in [0.29, 0.717) is 16.3 Å². The van der Waals surface area contributed by atoms with Gasteiger partial charge in [-0.2, -0.15) is 0 Å². The van der Waals surface area contributed by atoms with Crippen molar-refractivity contribution in [2.24, 2.45) is 5.73 Å². The molecule has 2 N–H and O–H groups in total. The highest BCUT2D eigenvalue weighted by Crippen LogP contribution is 2.27. The van der Waals surface area contributed by atoms with E-state index < -0.39 is 0 Å². The Morgan fingerprint density at radius 2 is 2.06 bits per heavy atom. The third-order valence-electron chi connectivity index (χ3n) is 2.43. The minimum absolute atomic E-state index is 0.173. The minimum atomic E-state index is 0.173. The molecule has 0 aromatic heterocycles. The lowest BCUT2D eigenvalue weighted by Gasteiger charge is -2.18. The number of hydrogen-bond acceptors (Lipinski definition) is 2. The van der Waals surface area contributed by atoms with Crippen molar-refractivity contribution in [2.45, 2.75) is 32.8 Å². The van der Waals surface area contributed by atoms with Gasteiger partial charge in [0.25, 0.3) is 0 Å². The van der Waals surface area contributed by atoms with Crippen LogP contribution < -0.4 is 10.5 Å². The van der Waals surface area contributed by atoms with Crippen LogP contribution in [0, 0.1) is 0 Å². The molecule has 0 bridgehead atoms. The summed E-state index contributed by atoms with van der Waals surface area (Å²) in [6.07, 6.45) is 2.06. The molecule has 0 aliphatic carbocycles. The van der Waals surface area contributed by atoms with Crippen molar-refractivity contribution < 1.29 is 4.74 Å². The molecule has 0 radical (unpaired) electrons. The first-order valence-electron chi connectivity index (χ1n) is 5.35. The smallest absolute Gasteiger partial charge is 0.131 e. The van der Waals surface area contributed by atoms with Gasteiger partial charge in [0.15, 0.2) is 0 Å². The highest BCUT2D eigenvalue weighted by molar-refractivity contribution is 7.80. The third kappa shape index (κ3) is 3.09. The molecule has 0 fully saturated rings. The van der Waals surface area contributed by atoms with Gasteiger partial charge in [0.05, 0.1) is 16.7 Å². The lowest BCUT2D eigenvalue weighted by atomic mass is 10.1. The molecular formula is C12H16ClNOS. The van der Waals surface area contributed by atoms with E-state index in [9.17, 15) is 0 Å². The van der Waals surface area contributed by atoms with Crippen LogP contribution >= 0.6 is 23.8 Å². The van der Waals surface area contributed by atoms with Crippen LogP contribution in [0.2, 0.25) is 5.02 Å². The zero-order valence-corrected chi connectivity index (χ0v) is 11.1. The molecule has 0 saturated heterocycles. The number of halogens is 1. The van der Waals surface area contributed by atoms with Crippen LogP contribution in [-0.2, 0) is 0 Å². The van der Waals surface area contributed by atoms with E-state index in [1.54, 1.807) is 6.07 Å². The summed E-state index contributed by atoms with van der Waals surface area (Å²) in [5.74, 6) is 0.675. The lowest BCUT2D eigenvalue weighted by molar-refractivity contribution is 0.192. The number of benzene rings is 1. The van der Waals surface area contributed by atoms with Crippen LogP contribution in [0.1, 0.15) is 32.3 Å². The molecule has 16 heavy (non-hydrogen) atoms. The molecule has 0 spiro atoms. The molecule has 0 heterocycles. The second-order valence-corrected chi connectivity index (χ2v) is 4.38. The van der Waals surface area contributed by atoms with Gasteiger partial charge in [-0.05, 0) is 25.0 Å². The molecule has 1 aromatic carbocycles. The van der Waals surface area contributed by atoms with E-state index in [1.807, 2.05) is 12.1 Å². The fourth-order valence-electron chi connectivity index (χ4n) is 1.48. The van der Waals surface area contributed by atoms with Crippen LogP contribution in [0.4, 0.5) is 0 Å². The Kier molecular flexibility index (Phi) is 5.03. The summed E-state index contributed by atoms with van der Waals surface area (Å²) in [5.41, 5.74) is 6.27. The first kappa shape index (κ1) is 13.3. The van der Waals surface area contributed by atoms with Gasteiger partial charge in [-0.3, -0.25) is 0 Å². The second kappa shape index (κ2) is 6.06. The summed E-state index contributed by atoms with van der Waals surface area (Å²) in [7, 11) is 0. The van der Waals surface area contributed by atoms with Crippen LogP contribution in [0.15, 0.2) is 18.2 Å². The highest BCUT2D eigenvalue weighted by atomic mass is 35.5. The Hall–Kier alpha value is -0.800. The molecule has 2 nitrogen and oxygen atoms in total. The Morgan fingerprint density at radius 3 is 2.56 bits per heavy atom. The predicted molar refractivity (Wildman–Crippen MR) is 72.3 cm³/mol. The van der Waals surface area contributed by atoms with Crippen molar-refractivity contribution in [3.63, 3.8) is 0 Å². The van der Waals surface area contributed by atoms with E-state index in [0.717, 1.165) is 12.8 Å². The minimum Gasteiger partial charge on any atom is -0.490 e. The second-order valence-electron chi connectivity index (χ2n) is 3.53. The molecule has 4 heteroatoms. The summed E-state index contributed by atoms with van der Waals surface area (Å²) in [5, 5.41) is 0.538. The van der Waals surface area contributed by atoms with Crippen molar-refractivity contribution in [3.05, 3.63) is 28.8 Å². The van der Waals surface area contributed by atoms with Crippen LogP contribution in [0.5, 0.6) is 5.75 Å². The Bertz CT molecular complexity index is 377. The zero-order chi connectivity index (χ0) is 12.1. The van der Waals surface area contributed by atoms with E-state index >= 15 is 0 Å². The van der Waals surface area contributed by atoms with E-state index in [2.05, 4.69) is 13.8 Å². The van der Waals surface area contributed by atoms with Gasteiger partial charge in [0, 0.05) is 0 Å². The number of hydrogen-bond donors (Lipinski definition) is 1. The predicted octanol–water partition coefficient (Wildman–Crippen LogP) is 3.54. The van der Waals surface area contributed by atoms with Crippen molar-refractivity contribution in [2.75, 3.05) is 0 Å². The quantitative estimate of drug-likeness (QED) is 0.820. The fourth-order valence-corrected chi connectivity index (χ4v) is 2.01. The van der Waals surface area contributed by atoms with Crippen molar-refractivity contribution >= 4 is 28.8 Å². The first-order valence-corrected chi connectivity index (χ1v) is 6.13. The average molecular weight is 258 g/mol. The molecule has 88 valence electrons. The topological polar surface area (TPSA) is 35.2 Å². The van der Waals surface area contributed by atoms with Crippen LogP contribution in [-0.4, -0.2) is 11.1 Å². The van der Waals surface area contributed by atoms with Crippen LogP contribution in [0.3, 0.4) is 0 Å². The highest BCUT2D eigenvalue weighted by Gasteiger charge is 2.13. The summed E-state index contributed by atoms with van der Waals surface area (Å²) in [6.45, 7) is 4.16. The Labute approximate surface area is 107 Å². The molecule has 0 aliphatic heterocycles. The summed E-state index contributed by atoms with van der Waals surface area (Å²) < 4.78 is 5.83. The summed E-state index contributed by atoms with van der Waals surface area (Å²) in [4.78, 5) is 0.270. The Balaban J connectivity index is 3.03. The monoisotopic (exact) mass is 257 g/mol. The maximum Gasteiger partial charge on any atom is 0.131 e. The van der Waals surface area contributed by atoms with Gasteiger partial charge < -0.3 is 10.5 Å². The zero-order valence-electron chi connectivity index (χ0n) is 9.50. The maximum atomic E-state index is 6.05. The molecule has 0 unspecified atom stereocenters. The van der Waals surface area contributed by atoms with E-state index in [1.165, 1.54) is 0 Å². The maximum absolute atomic E-state index is 6.05. The molecule has 0 saturated carbocycles. The molecule has 0 amide bonds. The van der Waals surface area contributed by atoms with Gasteiger partial charge in [-0.15, -0.1) is 0 Å². The number of nitrogens with two attached hydrogens (primary N) is 1. The standard InChI is InChI=1S/C12H16ClNOS/c1-3-8(4-2)15-10-7-5-6-9(13)11(10)12(14)16/h5-8H,3-4H2,1-2H3,(H2,14,16). The first-order chi connectivity index (χ1) is 7.60. The van der Waals surface area contributed by atoms with E-state index in [-0.39, 0.29) is 11.1 Å². The number of thiocarbonyl (C=S) groups is 1. The summed E-state index contributed by atoms with van der Waals surface area (Å²) >= 11 is 11.0. The molecule has 0 atom stereocenters. The van der Waals surface area contributed by atoms with Crippen molar-refractivity contribution in [3.8, 4) is 5.75 Å². The van der Waals surface area contributed by atoms with Crippen molar-refractivity contribution in [1.82, 2.24) is 0 Å². The molecule has 1 rings (SSSR count). The van der Waals surface area contributed by atoms with Gasteiger partial charge in [-0.1, -0.05) is 43.7 Å². The van der Waals surface area contributed by atoms with Gasteiger partial charge in [0.1, 0.15) is 10.7 Å². The van der Waals surface area contributed by atoms with Crippen LogP contribution in [0.25, 0.3) is 0 Å². The number of ether oxygens (including phenoxy) is 1. The summed E-state index contributed by atoms with van der Waals surface area (Å²) in [6, 6.07) is 5.44. The number of rotatable bonds is 5. The normalized spacial score (nSPS) is 10.5. The SMILES string of the molecule is CCC(CC)Oc1cccc(Cl)c1C(N)=S.